The van der Waals surface area contributed by atoms with Crippen LogP contribution in [0.2, 0.25) is 0 Å². The van der Waals surface area contributed by atoms with E-state index in [4.69, 9.17) is 9.47 Å². The molecule has 0 aromatic heterocycles. The lowest BCUT2D eigenvalue weighted by molar-refractivity contribution is -0.124. The van der Waals surface area contributed by atoms with Gasteiger partial charge in [-0.25, -0.2) is 18.9 Å². The molecule has 0 bridgehead atoms. The van der Waals surface area contributed by atoms with Gasteiger partial charge in [-0.05, 0) is 73.2 Å². The molecule has 1 heterocycles. The Balaban J connectivity index is 1.54. The summed E-state index contributed by atoms with van der Waals surface area (Å²) in [5.41, 5.74) is 1.69. The molecule has 1 aliphatic heterocycles. The number of carbonyl (C=O) groups excluding carboxylic acids is 4. The predicted molar refractivity (Wildman–Crippen MR) is 137 cm³/mol. The number of hydrogen-bond acceptors (Lipinski definition) is 6. The van der Waals surface area contributed by atoms with Crippen LogP contribution in [0.25, 0.3) is 0 Å². The zero-order chi connectivity index (χ0) is 27.2. The number of hydrogen-bond donors (Lipinski definition) is 1. The lowest BCUT2D eigenvalue weighted by Crippen LogP contribution is -2.37. The molecule has 196 valence electrons. The van der Waals surface area contributed by atoms with Crippen LogP contribution >= 0.6 is 0 Å². The Bertz CT molecular complexity index is 1330. The molecule has 1 fully saturated rings. The van der Waals surface area contributed by atoms with E-state index in [1.165, 1.54) is 36.3 Å². The lowest BCUT2D eigenvalue weighted by Gasteiger charge is -2.22. The van der Waals surface area contributed by atoms with Gasteiger partial charge in [0.1, 0.15) is 17.6 Å². The monoisotopic (exact) mass is 519 g/mol. The van der Waals surface area contributed by atoms with Crippen molar-refractivity contribution in [2.45, 2.75) is 25.9 Å². The Morgan fingerprint density at radius 3 is 2.21 bits per heavy atom. The molecule has 1 atom stereocenters. The third-order valence-electron chi connectivity index (χ3n) is 5.97. The summed E-state index contributed by atoms with van der Waals surface area (Å²) in [5, 5.41) is 2.70. The number of benzene rings is 3. The van der Waals surface area contributed by atoms with Crippen molar-refractivity contribution in [1.82, 2.24) is 4.90 Å². The van der Waals surface area contributed by atoms with Gasteiger partial charge < -0.3 is 19.7 Å². The van der Waals surface area contributed by atoms with E-state index in [0.29, 0.717) is 17.0 Å². The molecule has 3 aromatic rings. The number of rotatable bonds is 9. The molecule has 1 N–H and O–H groups in total. The molecule has 38 heavy (non-hydrogen) atoms. The van der Waals surface area contributed by atoms with Gasteiger partial charge in [-0.15, -0.1) is 0 Å². The summed E-state index contributed by atoms with van der Waals surface area (Å²) in [4.78, 5) is 53.8. The summed E-state index contributed by atoms with van der Waals surface area (Å²) in [6.07, 6.45) is -0.307. The van der Waals surface area contributed by atoms with E-state index in [9.17, 15) is 23.6 Å². The van der Waals surface area contributed by atoms with E-state index in [1.54, 1.807) is 43.3 Å². The maximum atomic E-state index is 13.5. The van der Waals surface area contributed by atoms with Crippen molar-refractivity contribution in [1.29, 1.82) is 0 Å². The molecule has 1 aliphatic rings. The highest BCUT2D eigenvalue weighted by molar-refractivity contribution is 6.22. The number of urea groups is 1. The highest BCUT2D eigenvalue weighted by Gasteiger charge is 2.46. The molecule has 0 saturated carbocycles. The van der Waals surface area contributed by atoms with Crippen LogP contribution in [0.3, 0.4) is 0 Å². The quantitative estimate of drug-likeness (QED) is 0.332. The van der Waals surface area contributed by atoms with E-state index >= 15 is 0 Å². The first-order chi connectivity index (χ1) is 18.3. The summed E-state index contributed by atoms with van der Waals surface area (Å²) in [6, 6.07) is 16.4. The predicted octanol–water partition coefficient (Wildman–Crippen LogP) is 4.38. The first-order valence-corrected chi connectivity index (χ1v) is 11.9. The van der Waals surface area contributed by atoms with Crippen molar-refractivity contribution in [2.75, 3.05) is 23.9 Å². The first kappa shape index (κ1) is 26.3. The number of halogens is 1. The third kappa shape index (κ3) is 5.80. The standard InChI is InChI=1S/C28H26FN3O6/c1-3-38-27(35)19-6-10-21(11-7-19)30-25(33)16-24-26(34)32(22-12-8-20(29)9-13-22)28(36)31(24)17-18-4-14-23(37-2)15-5-18/h4-15,24H,3,16-17H2,1-2H3,(H,30,33). The number of esters is 1. The van der Waals surface area contributed by atoms with Gasteiger partial charge >= 0.3 is 12.0 Å². The minimum absolute atomic E-state index is 0.0679. The fourth-order valence-corrected chi connectivity index (χ4v) is 4.06. The summed E-state index contributed by atoms with van der Waals surface area (Å²) in [7, 11) is 1.54. The van der Waals surface area contributed by atoms with E-state index in [1.807, 2.05) is 0 Å². The molecule has 3 aromatic carbocycles. The smallest absolute Gasteiger partial charge is 0.338 e. The maximum Gasteiger partial charge on any atom is 0.338 e. The fourth-order valence-electron chi connectivity index (χ4n) is 4.06. The number of anilines is 2. The van der Waals surface area contributed by atoms with Crippen LogP contribution in [0.15, 0.2) is 72.8 Å². The Morgan fingerprint density at radius 2 is 1.61 bits per heavy atom. The number of nitrogens with zero attached hydrogens (tertiary/aromatic N) is 2. The molecule has 4 rings (SSSR count). The number of imide groups is 1. The summed E-state index contributed by atoms with van der Waals surface area (Å²) < 4.78 is 23.6. The van der Waals surface area contributed by atoms with Gasteiger partial charge in [-0.3, -0.25) is 9.59 Å². The Labute approximate surface area is 218 Å². The zero-order valence-electron chi connectivity index (χ0n) is 20.8. The second-order valence-electron chi connectivity index (χ2n) is 8.47. The third-order valence-corrected chi connectivity index (χ3v) is 5.97. The number of ether oxygens (including phenoxy) is 2. The van der Waals surface area contributed by atoms with Gasteiger partial charge in [0, 0.05) is 12.2 Å². The molecule has 1 unspecified atom stereocenters. The molecule has 0 radical (unpaired) electrons. The molecule has 10 heteroatoms. The average Bonchev–Trinajstić information content (AvgIpc) is 3.14. The van der Waals surface area contributed by atoms with E-state index in [-0.39, 0.29) is 25.3 Å². The van der Waals surface area contributed by atoms with Crippen molar-refractivity contribution in [2.24, 2.45) is 0 Å². The van der Waals surface area contributed by atoms with Crippen molar-refractivity contribution >= 4 is 35.2 Å². The van der Waals surface area contributed by atoms with Gasteiger partial charge in [0.15, 0.2) is 0 Å². The fraction of sp³-hybridized carbons (Fsp3) is 0.214. The number of methoxy groups -OCH3 is 1. The van der Waals surface area contributed by atoms with Crippen LogP contribution in [-0.2, 0) is 20.9 Å². The Hall–Kier alpha value is -4.73. The number of carbonyl (C=O) groups is 4. The largest absolute Gasteiger partial charge is 0.497 e. The minimum Gasteiger partial charge on any atom is -0.497 e. The first-order valence-electron chi connectivity index (χ1n) is 11.9. The summed E-state index contributed by atoms with van der Waals surface area (Å²) in [6.45, 7) is 2.02. The van der Waals surface area contributed by atoms with Crippen LogP contribution < -0.4 is 15.0 Å². The molecule has 4 amide bonds. The van der Waals surface area contributed by atoms with Gasteiger partial charge in [-0.2, -0.15) is 0 Å². The van der Waals surface area contributed by atoms with Crippen molar-refractivity contribution in [3.8, 4) is 5.75 Å². The van der Waals surface area contributed by atoms with Crippen LogP contribution in [-0.4, -0.2) is 48.5 Å². The van der Waals surface area contributed by atoms with E-state index in [0.717, 1.165) is 22.6 Å². The van der Waals surface area contributed by atoms with Gasteiger partial charge in [-0.1, -0.05) is 12.1 Å². The number of nitrogens with one attached hydrogen (secondary N) is 1. The molecule has 0 spiro atoms. The zero-order valence-corrected chi connectivity index (χ0v) is 20.8. The minimum atomic E-state index is -1.09. The SMILES string of the molecule is CCOC(=O)c1ccc(NC(=O)CC2C(=O)N(c3ccc(F)cc3)C(=O)N2Cc2ccc(OC)cc2)cc1. The van der Waals surface area contributed by atoms with Crippen molar-refractivity contribution in [3.63, 3.8) is 0 Å². The van der Waals surface area contributed by atoms with Crippen LogP contribution in [0.1, 0.15) is 29.3 Å². The normalized spacial score (nSPS) is 15.0. The molecular formula is C28H26FN3O6. The lowest BCUT2D eigenvalue weighted by atomic mass is 10.1. The summed E-state index contributed by atoms with van der Waals surface area (Å²) >= 11 is 0. The van der Waals surface area contributed by atoms with Crippen LogP contribution in [0, 0.1) is 5.82 Å². The van der Waals surface area contributed by atoms with Crippen molar-refractivity contribution < 1.29 is 33.0 Å². The maximum absolute atomic E-state index is 13.5. The Kier molecular flexibility index (Phi) is 8.00. The second-order valence-corrected chi connectivity index (χ2v) is 8.47. The van der Waals surface area contributed by atoms with Gasteiger partial charge in [0.25, 0.3) is 5.91 Å². The molecule has 9 nitrogen and oxygen atoms in total. The highest BCUT2D eigenvalue weighted by Crippen LogP contribution is 2.29. The topological polar surface area (TPSA) is 105 Å². The van der Waals surface area contributed by atoms with Crippen LogP contribution in [0.5, 0.6) is 5.75 Å². The van der Waals surface area contributed by atoms with E-state index < -0.39 is 35.7 Å². The number of amides is 4. The molecule has 0 aliphatic carbocycles. The summed E-state index contributed by atoms with van der Waals surface area (Å²) in [5.74, 6) is -1.44. The average molecular weight is 520 g/mol. The second kappa shape index (κ2) is 11.5. The van der Waals surface area contributed by atoms with Crippen LogP contribution in [0.4, 0.5) is 20.6 Å². The van der Waals surface area contributed by atoms with Crippen molar-refractivity contribution in [3.05, 3.63) is 89.7 Å². The van der Waals surface area contributed by atoms with Gasteiger partial charge in [0.05, 0.1) is 31.4 Å². The van der Waals surface area contributed by atoms with E-state index in [2.05, 4.69) is 5.32 Å². The molecule has 1 saturated heterocycles. The molecular weight excluding hydrogens is 493 g/mol. The Morgan fingerprint density at radius 1 is 0.947 bits per heavy atom. The van der Waals surface area contributed by atoms with Gasteiger partial charge in [0.2, 0.25) is 5.91 Å². The highest BCUT2D eigenvalue weighted by atomic mass is 19.1.